The number of para-hydroxylation sites is 1. The van der Waals surface area contributed by atoms with Crippen molar-refractivity contribution in [3.05, 3.63) is 84.7 Å². The second-order valence-corrected chi connectivity index (χ2v) is 7.96. The van der Waals surface area contributed by atoms with E-state index in [1.54, 1.807) is 67.0 Å². The van der Waals surface area contributed by atoms with Crippen LogP contribution in [-0.2, 0) is 14.8 Å². The number of nitrogens with one attached hydrogen (secondary N) is 1. The number of hydrazone groups is 1. The molecule has 0 aliphatic heterocycles. The Morgan fingerprint density at radius 2 is 1.83 bits per heavy atom. The fourth-order valence-corrected chi connectivity index (χ4v) is 4.00. The summed E-state index contributed by atoms with van der Waals surface area (Å²) in [6.07, 6.45) is 4.63. The van der Waals surface area contributed by atoms with E-state index in [2.05, 4.69) is 15.5 Å². The van der Waals surface area contributed by atoms with Crippen molar-refractivity contribution in [2.75, 3.05) is 18.0 Å². The van der Waals surface area contributed by atoms with E-state index in [0.29, 0.717) is 17.0 Å². The lowest BCUT2D eigenvalue weighted by atomic mass is 10.3. The van der Waals surface area contributed by atoms with Gasteiger partial charge in [0.25, 0.3) is 15.9 Å². The lowest BCUT2D eigenvalue weighted by Crippen LogP contribution is -2.39. The van der Waals surface area contributed by atoms with Crippen molar-refractivity contribution in [3.63, 3.8) is 0 Å². The monoisotopic (exact) mass is 424 g/mol. The highest BCUT2D eigenvalue weighted by molar-refractivity contribution is 7.92. The fraction of sp³-hybridized carbons (Fsp3) is 0.0952. The lowest BCUT2D eigenvalue weighted by Gasteiger charge is -2.23. The number of hydrogen-bond acceptors (Lipinski definition) is 6. The van der Waals surface area contributed by atoms with Gasteiger partial charge in [0.15, 0.2) is 0 Å². The van der Waals surface area contributed by atoms with Crippen LogP contribution in [0.15, 0.2) is 89.1 Å². The van der Waals surface area contributed by atoms with E-state index in [1.807, 2.05) is 0 Å². The predicted molar refractivity (Wildman–Crippen MR) is 114 cm³/mol. The molecule has 0 fully saturated rings. The summed E-state index contributed by atoms with van der Waals surface area (Å²) >= 11 is 0. The number of benzene rings is 2. The molecule has 0 atom stereocenters. The van der Waals surface area contributed by atoms with Crippen molar-refractivity contribution in [1.82, 2.24) is 10.4 Å². The molecule has 1 aromatic heterocycles. The SMILES string of the molecule is COc1ccc(S(=O)(=O)N(CC(=O)N/N=C\c2cccnc2)c2ccccc2)cc1. The summed E-state index contributed by atoms with van der Waals surface area (Å²) in [5.41, 5.74) is 3.41. The standard InChI is InChI=1S/C21H20N4O4S/c1-29-19-9-11-20(12-10-19)30(27,28)25(18-7-3-2-4-8-18)16-21(26)24-23-15-17-6-5-13-22-14-17/h2-15H,16H2,1H3,(H,24,26)/b23-15-. The van der Waals surface area contributed by atoms with Crippen LogP contribution < -0.4 is 14.5 Å². The number of ether oxygens (including phenoxy) is 1. The maximum atomic E-state index is 13.2. The second-order valence-electron chi connectivity index (χ2n) is 6.10. The van der Waals surface area contributed by atoms with Gasteiger partial charge in [0.1, 0.15) is 12.3 Å². The molecule has 8 nitrogen and oxygen atoms in total. The molecule has 3 rings (SSSR count). The van der Waals surface area contributed by atoms with Crippen LogP contribution in [0.2, 0.25) is 0 Å². The van der Waals surface area contributed by atoms with Crippen LogP contribution in [-0.4, -0.2) is 39.2 Å². The Kier molecular flexibility index (Phi) is 6.76. The molecule has 9 heteroatoms. The highest BCUT2D eigenvalue weighted by atomic mass is 32.2. The molecule has 0 saturated heterocycles. The zero-order valence-electron chi connectivity index (χ0n) is 16.2. The van der Waals surface area contributed by atoms with Crippen molar-refractivity contribution in [2.45, 2.75) is 4.90 Å². The van der Waals surface area contributed by atoms with E-state index in [9.17, 15) is 13.2 Å². The molecule has 1 amide bonds. The number of carbonyl (C=O) groups excluding carboxylic acids is 1. The maximum absolute atomic E-state index is 13.2. The lowest BCUT2D eigenvalue weighted by molar-refractivity contribution is -0.119. The first-order valence-corrected chi connectivity index (χ1v) is 10.4. The Labute approximate surface area is 174 Å². The van der Waals surface area contributed by atoms with Gasteiger partial charge in [-0.1, -0.05) is 24.3 Å². The zero-order valence-corrected chi connectivity index (χ0v) is 17.0. The Morgan fingerprint density at radius 3 is 2.47 bits per heavy atom. The summed E-state index contributed by atoms with van der Waals surface area (Å²) in [6, 6.07) is 17.9. The number of amides is 1. The van der Waals surface area contributed by atoms with Gasteiger partial charge >= 0.3 is 0 Å². The van der Waals surface area contributed by atoms with Gasteiger partial charge in [0.05, 0.1) is 23.9 Å². The molecule has 0 aliphatic rings. The maximum Gasteiger partial charge on any atom is 0.264 e. The molecular weight excluding hydrogens is 404 g/mol. The molecule has 154 valence electrons. The van der Waals surface area contributed by atoms with Crippen LogP contribution in [0.1, 0.15) is 5.56 Å². The Morgan fingerprint density at radius 1 is 1.10 bits per heavy atom. The third-order valence-electron chi connectivity index (χ3n) is 4.07. The van der Waals surface area contributed by atoms with Gasteiger partial charge in [0.2, 0.25) is 0 Å². The number of methoxy groups -OCH3 is 1. The summed E-state index contributed by atoms with van der Waals surface area (Å²) in [5, 5.41) is 3.86. The first-order valence-electron chi connectivity index (χ1n) is 8.94. The average molecular weight is 424 g/mol. The van der Waals surface area contributed by atoms with Crippen LogP contribution in [0.25, 0.3) is 0 Å². The largest absolute Gasteiger partial charge is 0.497 e. The smallest absolute Gasteiger partial charge is 0.264 e. The van der Waals surface area contributed by atoms with Crippen LogP contribution in [0, 0.1) is 0 Å². The molecule has 0 spiro atoms. The zero-order chi connectivity index (χ0) is 21.4. The first kappa shape index (κ1) is 21.0. The Hall–Kier alpha value is -3.72. The summed E-state index contributed by atoms with van der Waals surface area (Å²) in [6.45, 7) is -0.442. The van der Waals surface area contributed by atoms with E-state index in [0.717, 1.165) is 4.31 Å². The first-order chi connectivity index (χ1) is 14.5. The number of rotatable bonds is 8. The molecule has 3 aromatic rings. The minimum Gasteiger partial charge on any atom is -0.497 e. The normalized spacial score (nSPS) is 11.2. The topological polar surface area (TPSA) is 101 Å². The highest BCUT2D eigenvalue weighted by Crippen LogP contribution is 2.24. The number of pyridine rings is 1. The van der Waals surface area contributed by atoms with Gasteiger partial charge in [0, 0.05) is 18.0 Å². The third-order valence-corrected chi connectivity index (χ3v) is 5.85. The average Bonchev–Trinajstić information content (AvgIpc) is 2.78. The van der Waals surface area contributed by atoms with E-state index in [-0.39, 0.29) is 4.90 Å². The van der Waals surface area contributed by atoms with Gasteiger partial charge in [-0.25, -0.2) is 13.8 Å². The van der Waals surface area contributed by atoms with E-state index < -0.39 is 22.5 Å². The second kappa shape index (κ2) is 9.66. The minimum absolute atomic E-state index is 0.0406. The number of aromatic nitrogens is 1. The molecule has 0 saturated carbocycles. The molecule has 2 aromatic carbocycles. The molecule has 0 radical (unpaired) electrons. The van der Waals surface area contributed by atoms with Crippen LogP contribution in [0.4, 0.5) is 5.69 Å². The van der Waals surface area contributed by atoms with Gasteiger partial charge < -0.3 is 4.74 Å². The summed E-state index contributed by atoms with van der Waals surface area (Å²) < 4.78 is 32.6. The molecule has 1 N–H and O–H groups in total. The Bertz CT molecular complexity index is 1100. The van der Waals surface area contributed by atoms with Gasteiger partial charge in [-0.3, -0.25) is 14.1 Å². The number of carbonyl (C=O) groups is 1. The number of hydrogen-bond donors (Lipinski definition) is 1. The van der Waals surface area contributed by atoms with E-state index in [1.165, 1.54) is 25.5 Å². The van der Waals surface area contributed by atoms with Crippen LogP contribution in [0.5, 0.6) is 5.75 Å². The summed E-state index contributed by atoms with van der Waals surface area (Å²) in [4.78, 5) is 16.4. The number of sulfonamides is 1. The third kappa shape index (κ3) is 5.21. The highest BCUT2D eigenvalue weighted by Gasteiger charge is 2.27. The van der Waals surface area contributed by atoms with Crippen molar-refractivity contribution >= 4 is 27.8 Å². The number of anilines is 1. The number of nitrogens with zero attached hydrogens (tertiary/aromatic N) is 3. The van der Waals surface area contributed by atoms with Crippen molar-refractivity contribution in [3.8, 4) is 5.75 Å². The van der Waals surface area contributed by atoms with Crippen molar-refractivity contribution in [1.29, 1.82) is 0 Å². The van der Waals surface area contributed by atoms with E-state index >= 15 is 0 Å². The van der Waals surface area contributed by atoms with Gasteiger partial charge in [-0.05, 0) is 42.5 Å². The predicted octanol–water partition coefficient (Wildman–Crippen LogP) is 2.44. The quantitative estimate of drug-likeness (QED) is 0.442. The summed E-state index contributed by atoms with van der Waals surface area (Å²) in [5.74, 6) is -0.0567. The van der Waals surface area contributed by atoms with Gasteiger partial charge in [-0.2, -0.15) is 5.10 Å². The van der Waals surface area contributed by atoms with Gasteiger partial charge in [-0.15, -0.1) is 0 Å². The molecule has 0 bridgehead atoms. The molecule has 1 heterocycles. The van der Waals surface area contributed by atoms with E-state index in [4.69, 9.17) is 4.74 Å². The molecule has 30 heavy (non-hydrogen) atoms. The molecule has 0 unspecified atom stereocenters. The molecule has 0 aliphatic carbocycles. The molecular formula is C21H20N4O4S. The minimum atomic E-state index is -4.00. The van der Waals surface area contributed by atoms with Crippen molar-refractivity contribution in [2.24, 2.45) is 5.10 Å². The Balaban J connectivity index is 1.82. The van der Waals surface area contributed by atoms with Crippen LogP contribution >= 0.6 is 0 Å². The van der Waals surface area contributed by atoms with Crippen LogP contribution in [0.3, 0.4) is 0 Å². The fourth-order valence-electron chi connectivity index (χ4n) is 2.58. The summed E-state index contributed by atoms with van der Waals surface area (Å²) in [7, 11) is -2.50. The van der Waals surface area contributed by atoms with Crippen molar-refractivity contribution < 1.29 is 17.9 Å².